The van der Waals surface area contributed by atoms with Crippen LogP contribution in [0, 0.1) is 0 Å². The van der Waals surface area contributed by atoms with E-state index in [0.29, 0.717) is 6.04 Å². The largest absolute Gasteiger partial charge is 0.366 e. The number of anilines is 1. The Labute approximate surface area is 151 Å². The molecule has 124 valence electrons. The molecule has 0 amide bonds. The number of hydrogen-bond acceptors (Lipinski definition) is 2. The van der Waals surface area contributed by atoms with Gasteiger partial charge in [-0.05, 0) is 38.3 Å². The van der Waals surface area contributed by atoms with E-state index in [1.807, 2.05) is 0 Å². The number of guanidine groups is 1. The maximum Gasteiger partial charge on any atom is 0.191 e. The number of hydrogen-bond donors (Lipinski definition) is 2. The van der Waals surface area contributed by atoms with Gasteiger partial charge in [-0.15, -0.1) is 24.0 Å². The van der Waals surface area contributed by atoms with Gasteiger partial charge in [-0.25, -0.2) is 0 Å². The van der Waals surface area contributed by atoms with Crippen LogP contribution >= 0.6 is 24.0 Å². The van der Waals surface area contributed by atoms with Crippen LogP contribution in [-0.2, 0) is 6.42 Å². The van der Waals surface area contributed by atoms with Gasteiger partial charge in [0.2, 0.25) is 0 Å². The summed E-state index contributed by atoms with van der Waals surface area (Å²) in [6, 6.07) is 9.13. The lowest BCUT2D eigenvalue weighted by Crippen LogP contribution is -2.40. The van der Waals surface area contributed by atoms with Gasteiger partial charge in [-0.2, -0.15) is 0 Å². The Hall–Kier alpha value is -0.980. The monoisotopic (exact) mass is 416 g/mol. The molecule has 1 aromatic carbocycles. The Morgan fingerprint density at radius 3 is 2.77 bits per heavy atom. The van der Waals surface area contributed by atoms with E-state index >= 15 is 0 Å². The van der Waals surface area contributed by atoms with Crippen LogP contribution in [0.15, 0.2) is 29.3 Å². The zero-order valence-corrected chi connectivity index (χ0v) is 16.3. The van der Waals surface area contributed by atoms with Crippen LogP contribution < -0.4 is 15.5 Å². The van der Waals surface area contributed by atoms with Crippen molar-refractivity contribution >= 4 is 35.6 Å². The van der Waals surface area contributed by atoms with Crippen molar-refractivity contribution in [2.75, 3.05) is 31.1 Å². The van der Waals surface area contributed by atoms with Crippen LogP contribution in [0.3, 0.4) is 0 Å². The summed E-state index contributed by atoms with van der Waals surface area (Å²) in [7, 11) is 0. The minimum Gasteiger partial charge on any atom is -0.366 e. The maximum absolute atomic E-state index is 4.72. The first-order chi connectivity index (χ1) is 10.3. The molecule has 1 aliphatic rings. The number of aliphatic imine (C=N–C) groups is 1. The minimum atomic E-state index is 0. The standard InChI is InChI=1S/C17H28N4.HI/c1-4-11-19-17(18-5-2)20-13-14(3)21-12-10-15-8-6-7-9-16(15)21;/h6-9,14H,4-5,10-13H2,1-3H3,(H2,18,19,20);1H. The second kappa shape index (κ2) is 9.92. The number of fused-ring (bicyclic) bond motifs is 1. The fraction of sp³-hybridized carbons (Fsp3) is 0.588. The van der Waals surface area contributed by atoms with Gasteiger partial charge in [0.05, 0.1) is 6.54 Å². The number of para-hydroxylation sites is 1. The Morgan fingerprint density at radius 1 is 1.27 bits per heavy atom. The third-order valence-electron chi connectivity index (χ3n) is 3.86. The lowest BCUT2D eigenvalue weighted by Gasteiger charge is -2.26. The van der Waals surface area contributed by atoms with Gasteiger partial charge in [-0.3, -0.25) is 4.99 Å². The van der Waals surface area contributed by atoms with E-state index in [4.69, 9.17) is 4.99 Å². The average Bonchev–Trinajstić information content (AvgIpc) is 2.94. The zero-order valence-electron chi connectivity index (χ0n) is 13.9. The van der Waals surface area contributed by atoms with Crippen LogP contribution in [0.2, 0.25) is 0 Å². The summed E-state index contributed by atoms with van der Waals surface area (Å²) in [5.74, 6) is 0.929. The van der Waals surface area contributed by atoms with Crippen LogP contribution in [0.25, 0.3) is 0 Å². The Morgan fingerprint density at radius 2 is 2.05 bits per heavy atom. The van der Waals surface area contributed by atoms with Gasteiger partial charge in [0.25, 0.3) is 0 Å². The summed E-state index contributed by atoms with van der Waals surface area (Å²) in [6.45, 7) is 10.3. The van der Waals surface area contributed by atoms with Crippen molar-refractivity contribution in [2.45, 2.75) is 39.7 Å². The zero-order chi connectivity index (χ0) is 15.1. The summed E-state index contributed by atoms with van der Waals surface area (Å²) in [5.41, 5.74) is 2.84. The third kappa shape index (κ3) is 5.04. The molecule has 1 aromatic rings. The van der Waals surface area contributed by atoms with E-state index < -0.39 is 0 Å². The van der Waals surface area contributed by atoms with Gasteiger partial charge >= 0.3 is 0 Å². The number of nitrogens with one attached hydrogen (secondary N) is 2. The second-order valence-corrected chi connectivity index (χ2v) is 5.57. The second-order valence-electron chi connectivity index (χ2n) is 5.57. The smallest absolute Gasteiger partial charge is 0.191 e. The molecule has 0 spiro atoms. The number of halogens is 1. The number of benzene rings is 1. The molecule has 0 radical (unpaired) electrons. The molecule has 2 rings (SSSR count). The van der Waals surface area contributed by atoms with Gasteiger partial charge in [0, 0.05) is 31.4 Å². The quantitative estimate of drug-likeness (QED) is 0.426. The average molecular weight is 416 g/mol. The van der Waals surface area contributed by atoms with Crippen LogP contribution in [0.5, 0.6) is 0 Å². The van der Waals surface area contributed by atoms with E-state index in [-0.39, 0.29) is 24.0 Å². The van der Waals surface area contributed by atoms with E-state index in [9.17, 15) is 0 Å². The highest BCUT2D eigenvalue weighted by Crippen LogP contribution is 2.29. The van der Waals surface area contributed by atoms with Crippen molar-refractivity contribution in [3.8, 4) is 0 Å². The van der Waals surface area contributed by atoms with Gasteiger partial charge in [0.1, 0.15) is 0 Å². The highest BCUT2D eigenvalue weighted by Gasteiger charge is 2.22. The molecule has 22 heavy (non-hydrogen) atoms. The third-order valence-corrected chi connectivity index (χ3v) is 3.86. The first-order valence-electron chi connectivity index (χ1n) is 8.13. The highest BCUT2D eigenvalue weighted by atomic mass is 127. The molecule has 2 N–H and O–H groups in total. The summed E-state index contributed by atoms with van der Waals surface area (Å²) in [5, 5.41) is 6.66. The Bertz CT molecular complexity index is 475. The van der Waals surface area contributed by atoms with Gasteiger partial charge in [-0.1, -0.05) is 25.1 Å². The molecule has 0 aliphatic carbocycles. The van der Waals surface area contributed by atoms with E-state index in [0.717, 1.165) is 45.0 Å². The molecule has 0 fully saturated rings. The SMILES string of the molecule is CCCNC(=NCC(C)N1CCc2ccccc21)NCC.I. The predicted octanol–water partition coefficient (Wildman–Crippen LogP) is 3.02. The molecular formula is C17H29IN4. The summed E-state index contributed by atoms with van der Waals surface area (Å²) in [6.07, 6.45) is 2.26. The van der Waals surface area contributed by atoms with Crippen LogP contribution in [0.4, 0.5) is 5.69 Å². The van der Waals surface area contributed by atoms with Crippen molar-refractivity contribution in [2.24, 2.45) is 4.99 Å². The lowest BCUT2D eigenvalue weighted by atomic mass is 10.2. The van der Waals surface area contributed by atoms with E-state index in [1.165, 1.54) is 11.3 Å². The van der Waals surface area contributed by atoms with Crippen molar-refractivity contribution in [1.29, 1.82) is 0 Å². The molecule has 0 saturated carbocycles. The summed E-state index contributed by atoms with van der Waals surface area (Å²) < 4.78 is 0. The van der Waals surface area contributed by atoms with Crippen LogP contribution in [0.1, 0.15) is 32.8 Å². The Balaban J connectivity index is 0.00000242. The van der Waals surface area contributed by atoms with E-state index in [1.54, 1.807) is 0 Å². The predicted molar refractivity (Wildman–Crippen MR) is 107 cm³/mol. The molecule has 0 bridgehead atoms. The van der Waals surface area contributed by atoms with Crippen molar-refractivity contribution in [3.63, 3.8) is 0 Å². The molecule has 1 unspecified atom stereocenters. The maximum atomic E-state index is 4.72. The summed E-state index contributed by atoms with van der Waals surface area (Å²) in [4.78, 5) is 7.20. The first-order valence-corrected chi connectivity index (χ1v) is 8.13. The van der Waals surface area contributed by atoms with E-state index in [2.05, 4.69) is 60.6 Å². The molecule has 4 nitrogen and oxygen atoms in total. The van der Waals surface area contributed by atoms with Crippen molar-refractivity contribution in [1.82, 2.24) is 10.6 Å². The van der Waals surface area contributed by atoms with Gasteiger partial charge < -0.3 is 15.5 Å². The highest BCUT2D eigenvalue weighted by molar-refractivity contribution is 14.0. The Kier molecular flexibility index (Phi) is 8.60. The van der Waals surface area contributed by atoms with Crippen molar-refractivity contribution < 1.29 is 0 Å². The normalized spacial score (nSPS) is 15.0. The number of nitrogens with zero attached hydrogens (tertiary/aromatic N) is 2. The fourth-order valence-electron chi connectivity index (χ4n) is 2.73. The molecule has 1 heterocycles. The molecule has 0 saturated heterocycles. The molecule has 0 aromatic heterocycles. The van der Waals surface area contributed by atoms with Crippen LogP contribution in [-0.4, -0.2) is 38.2 Å². The molecule has 5 heteroatoms. The van der Waals surface area contributed by atoms with Gasteiger partial charge in [0.15, 0.2) is 5.96 Å². The molecular weight excluding hydrogens is 387 g/mol. The lowest BCUT2D eigenvalue weighted by molar-refractivity contribution is 0.657. The topological polar surface area (TPSA) is 39.7 Å². The first kappa shape index (κ1) is 19.1. The minimum absolute atomic E-state index is 0. The summed E-state index contributed by atoms with van der Waals surface area (Å²) >= 11 is 0. The number of rotatable bonds is 6. The van der Waals surface area contributed by atoms with Crippen molar-refractivity contribution in [3.05, 3.63) is 29.8 Å². The fourth-order valence-corrected chi connectivity index (χ4v) is 2.73. The molecule has 1 atom stereocenters. The molecule has 1 aliphatic heterocycles.